The molecule has 1 aliphatic heterocycles. The SMILES string of the molecule is CCS[C@H]1O[C@@H](C)[C@@H](O[Si](C)(C)C(C)(C)C)[C@@H](O[Si](C)(C)C(C)(C)C)[C@@H]1O[Si](C)(C)C(C)(C)C. The van der Waals surface area contributed by atoms with Crippen molar-refractivity contribution in [1.29, 1.82) is 0 Å². The highest BCUT2D eigenvalue weighted by atomic mass is 32.2. The van der Waals surface area contributed by atoms with Gasteiger partial charge in [-0.1, -0.05) is 69.2 Å². The van der Waals surface area contributed by atoms with E-state index < -0.39 is 25.0 Å². The third-order valence-corrected chi connectivity index (χ3v) is 23.2. The quantitative estimate of drug-likeness (QED) is 0.283. The van der Waals surface area contributed by atoms with E-state index in [1.54, 1.807) is 0 Å². The van der Waals surface area contributed by atoms with Crippen LogP contribution in [0.25, 0.3) is 0 Å². The van der Waals surface area contributed by atoms with Gasteiger partial charge in [-0.3, -0.25) is 0 Å². The molecule has 1 saturated heterocycles. The van der Waals surface area contributed by atoms with Crippen LogP contribution in [0.1, 0.15) is 76.2 Å². The smallest absolute Gasteiger partial charge is 0.192 e. The van der Waals surface area contributed by atoms with Gasteiger partial charge in [0.05, 0.1) is 12.2 Å². The summed E-state index contributed by atoms with van der Waals surface area (Å²) in [5, 5.41) is 0.318. The fourth-order valence-electron chi connectivity index (χ4n) is 3.24. The average molecular weight is 551 g/mol. The van der Waals surface area contributed by atoms with Crippen molar-refractivity contribution in [3.8, 4) is 0 Å². The summed E-state index contributed by atoms with van der Waals surface area (Å²) in [6, 6.07) is 0. The van der Waals surface area contributed by atoms with Gasteiger partial charge in [0, 0.05) is 0 Å². The lowest BCUT2D eigenvalue weighted by Gasteiger charge is -2.54. The van der Waals surface area contributed by atoms with Gasteiger partial charge in [-0.05, 0) is 67.1 Å². The zero-order valence-corrected chi connectivity index (χ0v) is 29.5. The lowest BCUT2D eigenvalue weighted by Crippen LogP contribution is -2.66. The van der Waals surface area contributed by atoms with Crippen LogP contribution in [0.15, 0.2) is 0 Å². The lowest BCUT2D eigenvalue weighted by molar-refractivity contribution is -0.178. The molecule has 0 bridgehead atoms. The molecule has 0 saturated carbocycles. The van der Waals surface area contributed by atoms with Crippen LogP contribution in [0.5, 0.6) is 0 Å². The number of hydrogen-bond acceptors (Lipinski definition) is 5. The third kappa shape index (κ3) is 7.68. The van der Waals surface area contributed by atoms with Crippen molar-refractivity contribution in [1.82, 2.24) is 0 Å². The van der Waals surface area contributed by atoms with Crippen LogP contribution in [0.2, 0.25) is 54.4 Å². The molecule has 0 aromatic heterocycles. The molecular formula is C26H58O4SSi3. The van der Waals surface area contributed by atoms with Gasteiger partial charge in [-0.25, -0.2) is 0 Å². The predicted octanol–water partition coefficient (Wildman–Crippen LogP) is 8.66. The van der Waals surface area contributed by atoms with E-state index in [1.807, 2.05) is 11.8 Å². The highest BCUT2D eigenvalue weighted by molar-refractivity contribution is 7.99. The molecule has 204 valence electrons. The minimum atomic E-state index is -2.09. The molecule has 0 amide bonds. The Kier molecular flexibility index (Phi) is 10.5. The number of thioether (sulfide) groups is 1. The largest absolute Gasteiger partial charge is 0.409 e. The summed E-state index contributed by atoms with van der Waals surface area (Å²) in [6.07, 6.45) is -0.478. The molecule has 0 spiro atoms. The van der Waals surface area contributed by atoms with Crippen LogP contribution in [-0.4, -0.2) is 60.6 Å². The molecule has 8 heteroatoms. The second-order valence-corrected chi connectivity index (χ2v) is 30.3. The number of rotatable bonds is 8. The van der Waals surface area contributed by atoms with Crippen molar-refractivity contribution in [3.63, 3.8) is 0 Å². The van der Waals surface area contributed by atoms with Gasteiger partial charge in [-0.2, -0.15) is 0 Å². The van der Waals surface area contributed by atoms with Crippen molar-refractivity contribution in [2.75, 3.05) is 5.75 Å². The molecule has 0 aliphatic carbocycles. The molecule has 1 fully saturated rings. The van der Waals surface area contributed by atoms with Crippen LogP contribution in [0.4, 0.5) is 0 Å². The zero-order valence-electron chi connectivity index (χ0n) is 25.6. The second-order valence-electron chi connectivity index (χ2n) is 14.7. The summed E-state index contributed by atoms with van der Waals surface area (Å²) in [6.45, 7) is 39.2. The molecular weight excluding hydrogens is 493 g/mol. The molecule has 4 nitrogen and oxygen atoms in total. The van der Waals surface area contributed by atoms with Gasteiger partial charge in [0.1, 0.15) is 17.6 Å². The van der Waals surface area contributed by atoms with Crippen molar-refractivity contribution in [2.24, 2.45) is 0 Å². The number of ether oxygens (including phenoxy) is 1. The molecule has 0 radical (unpaired) electrons. The van der Waals surface area contributed by atoms with Crippen LogP contribution < -0.4 is 0 Å². The van der Waals surface area contributed by atoms with Crippen LogP contribution in [0, 0.1) is 0 Å². The van der Waals surface area contributed by atoms with E-state index in [0.717, 1.165) is 5.75 Å². The summed E-state index contributed by atoms with van der Waals surface area (Å²) >= 11 is 1.84. The third-order valence-electron chi connectivity index (χ3n) is 8.77. The minimum Gasteiger partial charge on any atom is -0.409 e. The summed E-state index contributed by atoms with van der Waals surface area (Å²) in [4.78, 5) is 0. The fraction of sp³-hybridized carbons (Fsp3) is 1.00. The molecule has 0 unspecified atom stereocenters. The van der Waals surface area contributed by atoms with Gasteiger partial charge in [-0.15, -0.1) is 11.8 Å². The maximum atomic E-state index is 7.27. The van der Waals surface area contributed by atoms with E-state index in [0.29, 0.717) is 0 Å². The zero-order chi connectivity index (χ0) is 27.1. The summed E-state index contributed by atoms with van der Waals surface area (Å²) < 4.78 is 28.3. The molecule has 1 aliphatic rings. The average Bonchev–Trinajstić information content (AvgIpc) is 2.58. The molecule has 1 rings (SSSR count). The van der Waals surface area contributed by atoms with E-state index in [9.17, 15) is 0 Å². The maximum absolute atomic E-state index is 7.27. The Balaban J connectivity index is 3.62. The summed E-state index contributed by atoms with van der Waals surface area (Å²) in [5.41, 5.74) is -0.0526. The minimum absolute atomic E-state index is 0.0489. The van der Waals surface area contributed by atoms with E-state index in [2.05, 4.69) is 115 Å². The topological polar surface area (TPSA) is 36.9 Å². The van der Waals surface area contributed by atoms with Gasteiger partial charge in [0.25, 0.3) is 0 Å². The Labute approximate surface area is 220 Å². The second kappa shape index (κ2) is 10.9. The van der Waals surface area contributed by atoms with E-state index in [-0.39, 0.29) is 45.0 Å². The van der Waals surface area contributed by atoms with Gasteiger partial charge >= 0.3 is 0 Å². The van der Waals surface area contributed by atoms with Gasteiger partial charge < -0.3 is 18.0 Å². The molecule has 0 aromatic rings. The van der Waals surface area contributed by atoms with Crippen LogP contribution >= 0.6 is 11.8 Å². The highest BCUT2D eigenvalue weighted by Crippen LogP contribution is 2.46. The lowest BCUT2D eigenvalue weighted by atomic mass is 10.0. The van der Waals surface area contributed by atoms with Crippen molar-refractivity contribution in [3.05, 3.63) is 0 Å². The first-order chi connectivity index (χ1) is 14.9. The Morgan fingerprint density at radius 3 is 1.26 bits per heavy atom. The fourth-order valence-corrected chi connectivity index (χ4v) is 8.28. The van der Waals surface area contributed by atoms with E-state index in [4.69, 9.17) is 18.0 Å². The van der Waals surface area contributed by atoms with Crippen LogP contribution in [-0.2, 0) is 18.0 Å². The first kappa shape index (κ1) is 32.9. The monoisotopic (exact) mass is 550 g/mol. The summed E-state index contributed by atoms with van der Waals surface area (Å²) in [5.74, 6) is 0.981. The predicted molar refractivity (Wildman–Crippen MR) is 159 cm³/mol. The highest BCUT2D eigenvalue weighted by Gasteiger charge is 2.55. The molecule has 34 heavy (non-hydrogen) atoms. The van der Waals surface area contributed by atoms with Crippen molar-refractivity contribution in [2.45, 2.75) is 160 Å². The molecule has 0 N–H and O–H groups in total. The van der Waals surface area contributed by atoms with Gasteiger partial charge in [0.15, 0.2) is 25.0 Å². The first-order valence-corrected chi connectivity index (χ1v) is 23.0. The van der Waals surface area contributed by atoms with E-state index in [1.165, 1.54) is 0 Å². The Bertz CT molecular complexity index is 662. The maximum Gasteiger partial charge on any atom is 0.192 e. The first-order valence-electron chi connectivity index (χ1n) is 13.2. The molecule has 1 heterocycles. The standard InChI is InChI=1S/C26H58O4SSi3/c1-18-31-23-22(30-34(16,17)26(9,10)11)21(29-33(14,15)25(6,7)8)20(19(2)27-23)28-32(12,13)24(3,4)5/h19-23H,18H2,1-17H3/t19-,20+,21+,22-,23+/m0/s1. The number of hydrogen-bond donors (Lipinski definition) is 0. The van der Waals surface area contributed by atoms with Crippen molar-refractivity contribution >= 4 is 36.7 Å². The Morgan fingerprint density at radius 2 is 0.941 bits per heavy atom. The normalized spacial score (nSPS) is 28.3. The molecule has 5 atom stereocenters. The molecule has 0 aromatic carbocycles. The van der Waals surface area contributed by atoms with Gasteiger partial charge in [0.2, 0.25) is 0 Å². The van der Waals surface area contributed by atoms with E-state index >= 15 is 0 Å². The Hall–Kier alpha value is 0.841. The van der Waals surface area contributed by atoms with Crippen molar-refractivity contribution < 1.29 is 18.0 Å². The summed E-state index contributed by atoms with van der Waals surface area (Å²) in [7, 11) is -6.23. The van der Waals surface area contributed by atoms with Crippen LogP contribution in [0.3, 0.4) is 0 Å². The Morgan fingerprint density at radius 1 is 0.618 bits per heavy atom.